The van der Waals surface area contributed by atoms with E-state index in [0.717, 1.165) is 35.7 Å². The maximum Gasteiger partial charge on any atom is 0.246 e. The minimum absolute atomic E-state index is 0.120. The minimum atomic E-state index is -0.271. The van der Waals surface area contributed by atoms with Crippen LogP contribution in [0.5, 0.6) is 0 Å². The van der Waals surface area contributed by atoms with E-state index in [1.807, 2.05) is 24.4 Å². The summed E-state index contributed by atoms with van der Waals surface area (Å²) in [6.07, 6.45) is 10.5. The molecule has 2 aromatic carbocycles. The summed E-state index contributed by atoms with van der Waals surface area (Å²) in [7, 11) is 0. The van der Waals surface area contributed by atoms with Crippen molar-refractivity contribution in [1.82, 2.24) is 10.4 Å². The van der Waals surface area contributed by atoms with Crippen molar-refractivity contribution in [2.45, 2.75) is 50.9 Å². The lowest BCUT2D eigenvalue weighted by molar-refractivity contribution is -0.149. The summed E-state index contributed by atoms with van der Waals surface area (Å²) < 4.78 is 0. The summed E-state index contributed by atoms with van der Waals surface area (Å²) >= 11 is 0. The zero-order chi connectivity index (χ0) is 21.1. The van der Waals surface area contributed by atoms with E-state index in [4.69, 9.17) is 0 Å². The van der Waals surface area contributed by atoms with Gasteiger partial charge in [-0.05, 0) is 74.3 Å². The Hall–Kier alpha value is -2.88. The fourth-order valence-electron chi connectivity index (χ4n) is 7.25. The molecule has 4 heteroatoms. The highest BCUT2D eigenvalue weighted by molar-refractivity contribution is 5.99. The van der Waals surface area contributed by atoms with Crippen LogP contribution >= 0.6 is 0 Å². The number of aryl methyl sites for hydroxylation is 1. The van der Waals surface area contributed by atoms with E-state index in [9.17, 15) is 4.79 Å². The van der Waals surface area contributed by atoms with Crippen molar-refractivity contribution in [1.29, 1.82) is 0 Å². The standard InChI is InChI=1S/C27H29N3O/c1-18-6-8-22(9-7-18)26-11-19-10-20(12-26)14-27(13-19,17-26)25(31)30-29-16-21-15-28-24-5-3-2-4-23(21)24/h2-9,15-16,19-20,28H,10-14,17H2,1H3,(H,30,31)/b29-16-/t19-,20+,26?,27?. The molecule has 1 amide bonds. The summed E-state index contributed by atoms with van der Waals surface area (Å²) in [5.74, 6) is 1.44. The number of rotatable bonds is 4. The van der Waals surface area contributed by atoms with Gasteiger partial charge in [0.2, 0.25) is 5.91 Å². The van der Waals surface area contributed by atoms with Crippen molar-refractivity contribution in [3.8, 4) is 0 Å². The first-order valence-electron chi connectivity index (χ1n) is 11.5. The Labute approximate surface area is 183 Å². The van der Waals surface area contributed by atoms with E-state index in [2.05, 4.69) is 52.8 Å². The Morgan fingerprint density at radius 1 is 1.06 bits per heavy atom. The van der Waals surface area contributed by atoms with Gasteiger partial charge >= 0.3 is 0 Å². The number of carbonyl (C=O) groups is 1. The molecule has 0 radical (unpaired) electrons. The number of aromatic amines is 1. The number of benzene rings is 2. The van der Waals surface area contributed by atoms with Gasteiger partial charge in [-0.3, -0.25) is 4.79 Å². The Balaban J connectivity index is 1.25. The van der Waals surface area contributed by atoms with Crippen LogP contribution in [0.1, 0.15) is 55.2 Å². The molecule has 0 spiro atoms. The molecule has 0 aliphatic heterocycles. The number of nitrogens with one attached hydrogen (secondary N) is 2. The van der Waals surface area contributed by atoms with Gasteiger partial charge in [0.15, 0.2) is 0 Å². The van der Waals surface area contributed by atoms with Crippen LogP contribution in [0.15, 0.2) is 59.8 Å². The van der Waals surface area contributed by atoms with Gasteiger partial charge in [-0.15, -0.1) is 0 Å². The van der Waals surface area contributed by atoms with E-state index in [0.29, 0.717) is 11.8 Å². The van der Waals surface area contributed by atoms with E-state index < -0.39 is 0 Å². The molecule has 2 unspecified atom stereocenters. The predicted molar refractivity (Wildman–Crippen MR) is 124 cm³/mol. The van der Waals surface area contributed by atoms with Gasteiger partial charge in [0.25, 0.3) is 0 Å². The van der Waals surface area contributed by atoms with Crippen LogP contribution in [0.4, 0.5) is 0 Å². The number of amides is 1. The zero-order valence-corrected chi connectivity index (χ0v) is 18.0. The van der Waals surface area contributed by atoms with Crippen molar-refractivity contribution in [2.24, 2.45) is 22.4 Å². The van der Waals surface area contributed by atoms with Gasteiger partial charge in [-0.1, -0.05) is 48.0 Å². The molecule has 4 bridgehead atoms. The third-order valence-electron chi connectivity index (χ3n) is 8.20. The number of nitrogens with zero attached hydrogens (tertiary/aromatic N) is 1. The average molecular weight is 412 g/mol. The Kier molecular flexibility index (Phi) is 4.14. The van der Waals surface area contributed by atoms with Crippen LogP contribution in [-0.2, 0) is 10.2 Å². The van der Waals surface area contributed by atoms with Gasteiger partial charge in [-0.2, -0.15) is 5.10 Å². The summed E-state index contributed by atoms with van der Waals surface area (Å²) in [4.78, 5) is 16.7. The molecule has 4 fully saturated rings. The highest BCUT2D eigenvalue weighted by Gasteiger charge is 2.60. The summed E-state index contributed by atoms with van der Waals surface area (Å²) in [6, 6.07) is 17.2. The Bertz CT molecular complexity index is 1160. The molecule has 31 heavy (non-hydrogen) atoms. The summed E-state index contributed by atoms with van der Waals surface area (Å²) in [6.45, 7) is 2.14. The van der Waals surface area contributed by atoms with Crippen LogP contribution in [0, 0.1) is 24.2 Å². The fraction of sp³-hybridized carbons (Fsp3) is 0.407. The molecular formula is C27H29N3O. The molecule has 158 valence electrons. The lowest BCUT2D eigenvalue weighted by atomic mass is 9.42. The fourth-order valence-corrected chi connectivity index (χ4v) is 7.25. The third kappa shape index (κ3) is 3.03. The second kappa shape index (κ2) is 6.81. The molecule has 7 rings (SSSR count). The lowest BCUT2D eigenvalue weighted by Crippen LogP contribution is -2.58. The molecule has 4 nitrogen and oxygen atoms in total. The number of hydrogen-bond donors (Lipinski definition) is 2. The van der Waals surface area contributed by atoms with E-state index in [-0.39, 0.29) is 16.7 Å². The molecule has 1 heterocycles. The Morgan fingerprint density at radius 3 is 2.58 bits per heavy atom. The first-order chi connectivity index (χ1) is 15.1. The van der Waals surface area contributed by atoms with Crippen molar-refractivity contribution in [3.05, 3.63) is 71.4 Å². The quantitative estimate of drug-likeness (QED) is 0.434. The maximum atomic E-state index is 13.5. The van der Waals surface area contributed by atoms with Crippen LogP contribution < -0.4 is 5.43 Å². The number of fused-ring (bicyclic) bond motifs is 1. The van der Waals surface area contributed by atoms with Gasteiger partial charge in [0.05, 0.1) is 11.6 Å². The van der Waals surface area contributed by atoms with Gasteiger partial charge in [0.1, 0.15) is 0 Å². The molecule has 4 aliphatic rings. The SMILES string of the molecule is Cc1ccc(C23C[C@@H]4C[C@@H](CC(C(=O)N/N=C\c5c[nH]c6ccccc56)(C4)C2)C3)cc1. The maximum absolute atomic E-state index is 13.5. The number of hydrazone groups is 1. The average Bonchev–Trinajstić information content (AvgIpc) is 3.16. The molecular weight excluding hydrogens is 382 g/mol. The number of carbonyl (C=O) groups excluding carboxylic acids is 1. The normalized spacial score (nSPS) is 31.5. The van der Waals surface area contributed by atoms with Crippen molar-refractivity contribution < 1.29 is 4.79 Å². The molecule has 0 saturated heterocycles. The van der Waals surface area contributed by atoms with E-state index in [1.54, 1.807) is 6.21 Å². The lowest BCUT2D eigenvalue weighted by Gasteiger charge is -2.61. The first kappa shape index (κ1) is 18.9. The third-order valence-corrected chi connectivity index (χ3v) is 8.20. The second-order valence-corrected chi connectivity index (χ2v) is 10.4. The highest BCUT2D eigenvalue weighted by atomic mass is 16.2. The smallest absolute Gasteiger partial charge is 0.246 e. The second-order valence-electron chi connectivity index (χ2n) is 10.4. The van der Waals surface area contributed by atoms with Crippen LogP contribution in [0.3, 0.4) is 0 Å². The van der Waals surface area contributed by atoms with Gasteiger partial charge < -0.3 is 4.98 Å². The van der Waals surface area contributed by atoms with E-state index in [1.165, 1.54) is 30.4 Å². The van der Waals surface area contributed by atoms with Crippen LogP contribution in [-0.4, -0.2) is 17.1 Å². The molecule has 4 atom stereocenters. The number of para-hydroxylation sites is 1. The van der Waals surface area contributed by atoms with Crippen molar-refractivity contribution >= 4 is 23.0 Å². The Morgan fingerprint density at radius 2 is 1.81 bits per heavy atom. The van der Waals surface area contributed by atoms with Gasteiger partial charge in [-0.25, -0.2) is 5.43 Å². The summed E-state index contributed by atoms with van der Waals surface area (Å²) in [5, 5.41) is 5.50. The summed E-state index contributed by atoms with van der Waals surface area (Å²) in [5.41, 5.74) is 7.64. The van der Waals surface area contributed by atoms with Crippen molar-refractivity contribution in [2.75, 3.05) is 0 Å². The molecule has 4 saturated carbocycles. The molecule has 4 aliphatic carbocycles. The van der Waals surface area contributed by atoms with E-state index >= 15 is 0 Å². The number of hydrogen-bond acceptors (Lipinski definition) is 2. The van der Waals surface area contributed by atoms with Crippen LogP contribution in [0.2, 0.25) is 0 Å². The van der Waals surface area contributed by atoms with Crippen molar-refractivity contribution in [3.63, 3.8) is 0 Å². The topological polar surface area (TPSA) is 57.2 Å². The zero-order valence-electron chi connectivity index (χ0n) is 18.0. The molecule has 3 aromatic rings. The monoisotopic (exact) mass is 411 g/mol. The minimum Gasteiger partial charge on any atom is -0.361 e. The number of H-pyrrole nitrogens is 1. The van der Waals surface area contributed by atoms with Crippen LogP contribution in [0.25, 0.3) is 10.9 Å². The predicted octanol–water partition coefficient (Wildman–Crippen LogP) is 5.46. The van der Waals surface area contributed by atoms with Gasteiger partial charge in [0, 0.05) is 22.7 Å². The first-order valence-corrected chi connectivity index (χ1v) is 11.5. The largest absolute Gasteiger partial charge is 0.361 e. The highest BCUT2D eigenvalue weighted by Crippen LogP contribution is 2.65. The number of aromatic nitrogens is 1. The molecule has 1 aromatic heterocycles. The molecule has 2 N–H and O–H groups in total.